The summed E-state index contributed by atoms with van der Waals surface area (Å²) in [5.41, 5.74) is 2.68. The first-order chi connectivity index (χ1) is 31.8. The average molecular weight is 911 g/mol. The van der Waals surface area contributed by atoms with Crippen LogP contribution in [0.3, 0.4) is 0 Å². The summed E-state index contributed by atoms with van der Waals surface area (Å²) in [5.74, 6) is -0.389. The summed E-state index contributed by atoms with van der Waals surface area (Å²) >= 11 is 0. The summed E-state index contributed by atoms with van der Waals surface area (Å²) in [6.07, 6.45) is 6.50. The summed E-state index contributed by atoms with van der Waals surface area (Å²) in [5, 5.41) is 12.5. The predicted octanol–water partition coefficient (Wildman–Crippen LogP) is 3.64. The second kappa shape index (κ2) is 19.4. The third kappa shape index (κ3) is 10.6. The molecule has 1 aromatic heterocycles. The molecule has 9 rings (SSSR count). The van der Waals surface area contributed by atoms with E-state index in [2.05, 4.69) is 64.7 Å². The van der Waals surface area contributed by atoms with Crippen molar-refractivity contribution < 1.29 is 28.0 Å². The number of halogens is 2. The normalized spacial score (nSPS) is 22.7. The van der Waals surface area contributed by atoms with Crippen molar-refractivity contribution in [2.75, 3.05) is 112 Å². The SMILES string of the molecule is CC1(C)CCN(Cc2cc(F)c(N3CC(=O)NC4(CCN(c5cc(NCCN6CCN(CCCNc7ccc8c(c7)CN(C7CCC(=O)NC7=O)C8=O)CC6)ncn5)CC4)C3)cc2F)CC1. The second-order valence-corrected chi connectivity index (χ2v) is 19.9. The van der Waals surface area contributed by atoms with Crippen LogP contribution in [-0.2, 0) is 27.5 Å². The van der Waals surface area contributed by atoms with Crippen molar-refractivity contribution in [3.8, 4) is 0 Å². The number of nitrogens with one attached hydrogen (secondary N) is 4. The third-order valence-electron chi connectivity index (χ3n) is 14.7. The summed E-state index contributed by atoms with van der Waals surface area (Å²) in [4.78, 5) is 71.7. The zero-order chi connectivity index (χ0) is 46.0. The fourth-order valence-electron chi connectivity index (χ4n) is 10.5. The molecule has 4 N–H and O–H groups in total. The molecule has 2 aromatic carbocycles. The third-order valence-corrected chi connectivity index (χ3v) is 14.7. The first-order valence-electron chi connectivity index (χ1n) is 23.8. The topological polar surface area (TPSA) is 162 Å². The smallest absolute Gasteiger partial charge is 0.255 e. The lowest BCUT2D eigenvalue weighted by Gasteiger charge is -2.48. The quantitative estimate of drug-likeness (QED) is 0.137. The number of amides is 4. The maximum atomic E-state index is 15.7. The van der Waals surface area contributed by atoms with E-state index < -0.39 is 29.1 Å². The maximum absolute atomic E-state index is 15.7. The van der Waals surface area contributed by atoms with Crippen LogP contribution in [0.25, 0.3) is 0 Å². The number of carbonyl (C=O) groups is 4. The number of hydrogen-bond donors (Lipinski definition) is 4. The van der Waals surface area contributed by atoms with E-state index in [9.17, 15) is 19.2 Å². The number of benzene rings is 2. The molecule has 1 atom stereocenters. The van der Waals surface area contributed by atoms with E-state index >= 15 is 8.78 Å². The molecule has 66 heavy (non-hydrogen) atoms. The Morgan fingerprint density at radius 1 is 0.758 bits per heavy atom. The lowest BCUT2D eigenvalue weighted by Crippen LogP contribution is -2.66. The van der Waals surface area contributed by atoms with Gasteiger partial charge in [-0.2, -0.15) is 0 Å². The van der Waals surface area contributed by atoms with E-state index in [4.69, 9.17) is 0 Å². The molecule has 4 amide bonds. The van der Waals surface area contributed by atoms with Crippen molar-refractivity contribution in [3.63, 3.8) is 0 Å². The fraction of sp³-hybridized carbons (Fsp3) is 0.583. The van der Waals surface area contributed by atoms with Crippen LogP contribution in [0.2, 0.25) is 0 Å². The van der Waals surface area contributed by atoms with Gasteiger partial charge in [-0.3, -0.25) is 34.3 Å². The molecule has 5 fully saturated rings. The Labute approximate surface area is 385 Å². The summed E-state index contributed by atoms with van der Waals surface area (Å²) < 4.78 is 31.2. The largest absolute Gasteiger partial charge is 0.385 e. The number of imide groups is 1. The molecule has 1 spiro atoms. The maximum Gasteiger partial charge on any atom is 0.255 e. The van der Waals surface area contributed by atoms with Crippen molar-refractivity contribution >= 4 is 46.6 Å². The van der Waals surface area contributed by atoms with E-state index in [1.807, 2.05) is 24.3 Å². The Bertz CT molecular complexity index is 2290. The molecule has 18 heteroatoms. The van der Waals surface area contributed by atoms with E-state index in [0.29, 0.717) is 63.1 Å². The highest BCUT2D eigenvalue weighted by molar-refractivity contribution is 6.05. The van der Waals surface area contributed by atoms with Gasteiger partial charge in [0, 0.05) is 114 Å². The second-order valence-electron chi connectivity index (χ2n) is 19.9. The molecule has 0 aliphatic carbocycles. The molecule has 16 nitrogen and oxygen atoms in total. The molecular weight excluding hydrogens is 847 g/mol. The highest BCUT2D eigenvalue weighted by atomic mass is 19.1. The van der Waals surface area contributed by atoms with E-state index in [-0.39, 0.29) is 41.8 Å². The van der Waals surface area contributed by atoms with Gasteiger partial charge in [0.1, 0.15) is 35.6 Å². The van der Waals surface area contributed by atoms with Gasteiger partial charge in [0.05, 0.1) is 17.8 Å². The standard InChI is InChI=1S/C48H64F2N12O4/c1-47(2)8-15-59(16-9-47)28-34-25-38(50)40(26-37(34)49)61-30-44(64)56-48(31-61)10-17-60(18-11-48)42-27-41(53-32-54-42)52-13-19-58-22-20-57(21-23-58)14-3-12-51-35-4-5-36-33(24-35)29-62(46(36)66)39-6-7-43(63)55-45(39)65/h4-5,24-27,32,39,51H,3,6-23,28-31H2,1-2H3,(H,56,64)(H,52,53,54)(H,55,63,65). The number of likely N-dealkylation sites (tertiary alicyclic amines) is 1. The van der Waals surface area contributed by atoms with Crippen LogP contribution in [-0.4, -0.2) is 156 Å². The lowest BCUT2D eigenvalue weighted by atomic mass is 9.82. The molecule has 0 saturated carbocycles. The zero-order valence-electron chi connectivity index (χ0n) is 38.3. The minimum absolute atomic E-state index is 0.0152. The van der Waals surface area contributed by atoms with Gasteiger partial charge in [-0.15, -0.1) is 0 Å². The molecule has 0 radical (unpaired) electrons. The minimum Gasteiger partial charge on any atom is -0.385 e. The molecule has 6 aliphatic rings. The highest BCUT2D eigenvalue weighted by Crippen LogP contribution is 2.35. The number of hydrogen-bond acceptors (Lipinski definition) is 13. The Morgan fingerprint density at radius 3 is 2.27 bits per heavy atom. The first kappa shape index (κ1) is 45.7. The van der Waals surface area contributed by atoms with E-state index in [1.165, 1.54) is 12.1 Å². The van der Waals surface area contributed by atoms with E-state index in [1.54, 1.807) is 16.1 Å². The number of aromatic nitrogens is 2. The Morgan fingerprint density at radius 2 is 1.52 bits per heavy atom. The minimum atomic E-state index is -0.614. The van der Waals surface area contributed by atoms with Crippen LogP contribution in [0.15, 0.2) is 42.7 Å². The van der Waals surface area contributed by atoms with Crippen LogP contribution in [0, 0.1) is 17.0 Å². The van der Waals surface area contributed by atoms with Crippen LogP contribution >= 0.6 is 0 Å². The Kier molecular flexibility index (Phi) is 13.4. The molecule has 1 unspecified atom stereocenters. The number of fused-ring (bicyclic) bond motifs is 1. The van der Waals surface area contributed by atoms with Crippen molar-refractivity contribution in [2.45, 2.75) is 83.5 Å². The van der Waals surface area contributed by atoms with Gasteiger partial charge in [0.2, 0.25) is 17.7 Å². The van der Waals surface area contributed by atoms with Crippen molar-refractivity contribution in [1.29, 1.82) is 0 Å². The van der Waals surface area contributed by atoms with Gasteiger partial charge < -0.3 is 35.6 Å². The number of nitrogens with zero attached hydrogens (tertiary/aromatic N) is 8. The number of carbonyl (C=O) groups excluding carboxylic acids is 4. The molecule has 7 heterocycles. The molecule has 354 valence electrons. The van der Waals surface area contributed by atoms with Gasteiger partial charge in [-0.1, -0.05) is 13.8 Å². The molecule has 3 aromatic rings. The molecular formula is C48H64F2N12O4. The molecule has 0 bridgehead atoms. The van der Waals surface area contributed by atoms with Gasteiger partial charge in [0.25, 0.3) is 5.91 Å². The molecule has 6 aliphatic heterocycles. The predicted molar refractivity (Wildman–Crippen MR) is 248 cm³/mol. The van der Waals surface area contributed by atoms with Crippen LogP contribution in [0.4, 0.5) is 31.8 Å². The van der Waals surface area contributed by atoms with Gasteiger partial charge in [-0.25, -0.2) is 18.7 Å². The van der Waals surface area contributed by atoms with E-state index in [0.717, 1.165) is 108 Å². The number of rotatable bonds is 14. The average Bonchev–Trinajstić information content (AvgIpc) is 3.62. The number of anilines is 4. The van der Waals surface area contributed by atoms with Gasteiger partial charge >= 0.3 is 0 Å². The van der Waals surface area contributed by atoms with Gasteiger partial charge in [0.15, 0.2) is 0 Å². The van der Waals surface area contributed by atoms with Crippen LogP contribution < -0.4 is 31.1 Å². The monoisotopic (exact) mass is 911 g/mol. The number of piperidine rings is 3. The Hall–Kier alpha value is -5.46. The number of piperazine rings is 2. The van der Waals surface area contributed by atoms with Crippen molar-refractivity contribution in [1.82, 2.24) is 40.2 Å². The summed E-state index contributed by atoms with van der Waals surface area (Å²) in [6.45, 7) is 16.1. The van der Waals surface area contributed by atoms with Crippen LogP contribution in [0.1, 0.15) is 80.3 Å². The molecule has 5 saturated heterocycles. The Balaban J connectivity index is 0.677. The zero-order valence-corrected chi connectivity index (χ0v) is 38.3. The van der Waals surface area contributed by atoms with Gasteiger partial charge in [-0.05, 0) is 93.4 Å². The van der Waals surface area contributed by atoms with Crippen molar-refractivity contribution in [3.05, 3.63) is 71.1 Å². The highest BCUT2D eigenvalue weighted by Gasteiger charge is 2.43. The van der Waals surface area contributed by atoms with Crippen molar-refractivity contribution in [2.24, 2.45) is 5.41 Å². The fourth-order valence-corrected chi connectivity index (χ4v) is 10.5. The summed E-state index contributed by atoms with van der Waals surface area (Å²) in [6, 6.07) is 9.70. The lowest BCUT2D eigenvalue weighted by molar-refractivity contribution is -0.137. The summed E-state index contributed by atoms with van der Waals surface area (Å²) in [7, 11) is 0. The van der Waals surface area contributed by atoms with Crippen LogP contribution in [0.5, 0.6) is 0 Å². The first-order valence-corrected chi connectivity index (χ1v) is 23.8.